The predicted molar refractivity (Wildman–Crippen MR) is 82.2 cm³/mol. The molecule has 0 unspecified atom stereocenters. The van der Waals surface area contributed by atoms with Crippen LogP contribution in [0.5, 0.6) is 0 Å². The van der Waals surface area contributed by atoms with Crippen molar-refractivity contribution in [2.75, 3.05) is 11.1 Å². The van der Waals surface area contributed by atoms with Gasteiger partial charge in [-0.3, -0.25) is 4.79 Å². The average molecular weight is 285 g/mol. The number of aromatic nitrogens is 3. The van der Waals surface area contributed by atoms with Crippen molar-refractivity contribution < 1.29 is 4.79 Å². The van der Waals surface area contributed by atoms with E-state index in [9.17, 15) is 4.79 Å². The number of hydrogen-bond donors (Lipinski definition) is 2. The number of hydrogen-bond acceptors (Lipinski definition) is 5. The molecule has 0 bridgehead atoms. The van der Waals surface area contributed by atoms with E-state index in [1.165, 1.54) is 6.20 Å². The summed E-state index contributed by atoms with van der Waals surface area (Å²) in [5.41, 5.74) is 8.09. The van der Waals surface area contributed by atoms with Crippen LogP contribution in [0.2, 0.25) is 0 Å². The lowest BCUT2D eigenvalue weighted by Gasteiger charge is -2.10. The number of rotatable bonds is 3. The van der Waals surface area contributed by atoms with Crippen LogP contribution in [0.1, 0.15) is 47.3 Å². The molecule has 3 N–H and O–H groups in total. The number of nitrogen functional groups attached to an aromatic ring is 1. The van der Waals surface area contributed by atoms with E-state index in [0.29, 0.717) is 11.6 Å². The van der Waals surface area contributed by atoms with E-state index < -0.39 is 0 Å². The Hall–Kier alpha value is -2.50. The number of pyridine rings is 1. The second-order valence-electron chi connectivity index (χ2n) is 5.31. The normalized spacial score (nSPS) is 10.7. The Bertz CT molecular complexity index is 662. The number of nitrogens with zero attached hydrogens (tertiary/aromatic N) is 3. The number of aryl methyl sites for hydroxylation is 2. The van der Waals surface area contributed by atoms with E-state index in [0.717, 1.165) is 11.3 Å². The maximum Gasteiger partial charge on any atom is 0.277 e. The smallest absolute Gasteiger partial charge is 0.277 e. The SMILES string of the molecule is Cc1cc(C)nc(NC(=O)c2nc(C(C)C)ncc2N)c1. The van der Waals surface area contributed by atoms with E-state index in [1.54, 1.807) is 6.07 Å². The summed E-state index contributed by atoms with van der Waals surface area (Å²) in [4.78, 5) is 24.9. The zero-order valence-corrected chi connectivity index (χ0v) is 12.6. The standard InChI is InChI=1S/C15H19N5O/c1-8(2)14-17-7-11(16)13(20-14)15(21)19-12-6-9(3)5-10(4)18-12/h5-8H,16H2,1-4H3,(H,18,19,21). The molecule has 0 atom stereocenters. The lowest BCUT2D eigenvalue weighted by Crippen LogP contribution is -2.18. The summed E-state index contributed by atoms with van der Waals surface area (Å²) in [5, 5.41) is 2.73. The van der Waals surface area contributed by atoms with Crippen molar-refractivity contribution in [1.82, 2.24) is 15.0 Å². The molecule has 0 saturated heterocycles. The molecule has 2 heterocycles. The third-order valence-electron chi connectivity index (χ3n) is 2.91. The van der Waals surface area contributed by atoms with Crippen molar-refractivity contribution in [3.63, 3.8) is 0 Å². The summed E-state index contributed by atoms with van der Waals surface area (Å²) in [6.45, 7) is 7.73. The molecule has 0 aliphatic carbocycles. The second-order valence-corrected chi connectivity index (χ2v) is 5.31. The molecule has 6 heteroatoms. The molecule has 0 fully saturated rings. The number of nitrogens with one attached hydrogen (secondary N) is 1. The highest BCUT2D eigenvalue weighted by atomic mass is 16.2. The molecule has 2 aromatic heterocycles. The molecular formula is C15H19N5O. The first-order valence-corrected chi connectivity index (χ1v) is 6.76. The molecule has 0 radical (unpaired) electrons. The number of carbonyl (C=O) groups excluding carboxylic acids is 1. The van der Waals surface area contributed by atoms with Gasteiger partial charge in [-0.2, -0.15) is 0 Å². The first-order chi connectivity index (χ1) is 9.86. The first kappa shape index (κ1) is 14.9. The van der Waals surface area contributed by atoms with Gasteiger partial charge in [-0.1, -0.05) is 13.8 Å². The van der Waals surface area contributed by atoms with Crippen molar-refractivity contribution in [3.8, 4) is 0 Å². The Morgan fingerprint density at radius 2 is 1.95 bits per heavy atom. The summed E-state index contributed by atoms with van der Waals surface area (Å²) < 4.78 is 0. The van der Waals surface area contributed by atoms with Gasteiger partial charge in [-0.15, -0.1) is 0 Å². The van der Waals surface area contributed by atoms with E-state index in [1.807, 2.05) is 33.8 Å². The molecule has 1 amide bonds. The Balaban J connectivity index is 2.29. The van der Waals surface area contributed by atoms with E-state index >= 15 is 0 Å². The first-order valence-electron chi connectivity index (χ1n) is 6.76. The highest BCUT2D eigenvalue weighted by Crippen LogP contribution is 2.16. The molecule has 21 heavy (non-hydrogen) atoms. The van der Waals surface area contributed by atoms with Gasteiger partial charge in [0.15, 0.2) is 5.69 Å². The van der Waals surface area contributed by atoms with Gasteiger partial charge < -0.3 is 11.1 Å². The van der Waals surface area contributed by atoms with Crippen LogP contribution < -0.4 is 11.1 Å². The zero-order chi connectivity index (χ0) is 15.6. The van der Waals surface area contributed by atoms with Crippen molar-refractivity contribution in [2.24, 2.45) is 0 Å². The minimum Gasteiger partial charge on any atom is -0.396 e. The molecule has 0 aromatic carbocycles. The topological polar surface area (TPSA) is 93.8 Å². The Morgan fingerprint density at radius 3 is 2.57 bits per heavy atom. The molecule has 110 valence electrons. The van der Waals surface area contributed by atoms with Gasteiger partial charge in [0.2, 0.25) is 0 Å². The molecule has 2 rings (SSSR count). The van der Waals surface area contributed by atoms with Gasteiger partial charge >= 0.3 is 0 Å². The van der Waals surface area contributed by atoms with Crippen molar-refractivity contribution in [1.29, 1.82) is 0 Å². The summed E-state index contributed by atoms with van der Waals surface area (Å²) in [6.07, 6.45) is 1.46. The third-order valence-corrected chi connectivity index (χ3v) is 2.91. The van der Waals surface area contributed by atoms with Crippen LogP contribution in [0.3, 0.4) is 0 Å². The van der Waals surface area contributed by atoms with Gasteiger partial charge in [0.1, 0.15) is 11.6 Å². The lowest BCUT2D eigenvalue weighted by atomic mass is 10.2. The van der Waals surface area contributed by atoms with Crippen LogP contribution >= 0.6 is 0 Å². The number of nitrogens with two attached hydrogens (primary N) is 1. The van der Waals surface area contributed by atoms with Crippen molar-refractivity contribution in [3.05, 3.63) is 41.1 Å². The van der Waals surface area contributed by atoms with Crippen LogP contribution in [0.4, 0.5) is 11.5 Å². The third kappa shape index (κ3) is 3.53. The lowest BCUT2D eigenvalue weighted by molar-refractivity contribution is 0.102. The van der Waals surface area contributed by atoms with Crippen molar-refractivity contribution in [2.45, 2.75) is 33.6 Å². The van der Waals surface area contributed by atoms with Gasteiger partial charge in [0.05, 0.1) is 11.9 Å². The fraction of sp³-hybridized carbons (Fsp3) is 0.333. The van der Waals surface area contributed by atoms with Crippen LogP contribution in [-0.2, 0) is 0 Å². The van der Waals surface area contributed by atoms with Crippen molar-refractivity contribution >= 4 is 17.4 Å². The zero-order valence-electron chi connectivity index (χ0n) is 12.6. The van der Waals surface area contributed by atoms with Crippen LogP contribution in [0.25, 0.3) is 0 Å². The van der Waals surface area contributed by atoms with Gasteiger partial charge in [0.25, 0.3) is 5.91 Å². The fourth-order valence-corrected chi connectivity index (χ4v) is 1.95. The number of anilines is 2. The fourth-order valence-electron chi connectivity index (χ4n) is 1.95. The molecular weight excluding hydrogens is 266 g/mol. The number of carbonyl (C=O) groups is 1. The highest BCUT2D eigenvalue weighted by Gasteiger charge is 2.15. The minimum absolute atomic E-state index is 0.122. The Morgan fingerprint density at radius 1 is 1.24 bits per heavy atom. The molecule has 0 aliphatic heterocycles. The Kier molecular flexibility index (Phi) is 4.16. The van der Waals surface area contributed by atoms with E-state index in [-0.39, 0.29) is 23.2 Å². The maximum absolute atomic E-state index is 12.3. The number of amides is 1. The molecule has 0 aliphatic rings. The monoisotopic (exact) mass is 285 g/mol. The van der Waals surface area contributed by atoms with Gasteiger partial charge in [-0.05, 0) is 31.5 Å². The summed E-state index contributed by atoms with van der Waals surface area (Å²) in [6, 6.07) is 3.73. The van der Waals surface area contributed by atoms with E-state index in [2.05, 4.69) is 20.3 Å². The minimum atomic E-state index is -0.380. The second kappa shape index (κ2) is 5.87. The van der Waals surface area contributed by atoms with Crippen LogP contribution in [0, 0.1) is 13.8 Å². The predicted octanol–water partition coefficient (Wildman–Crippen LogP) is 2.45. The van der Waals surface area contributed by atoms with Crippen LogP contribution in [-0.4, -0.2) is 20.9 Å². The summed E-state index contributed by atoms with van der Waals surface area (Å²) >= 11 is 0. The van der Waals surface area contributed by atoms with Gasteiger partial charge in [0, 0.05) is 11.6 Å². The maximum atomic E-state index is 12.3. The van der Waals surface area contributed by atoms with Crippen LogP contribution in [0.15, 0.2) is 18.3 Å². The molecule has 2 aromatic rings. The summed E-state index contributed by atoms with van der Waals surface area (Å²) in [5.74, 6) is 0.815. The summed E-state index contributed by atoms with van der Waals surface area (Å²) in [7, 11) is 0. The molecule has 6 nitrogen and oxygen atoms in total. The Labute approximate surface area is 123 Å². The molecule has 0 spiro atoms. The quantitative estimate of drug-likeness (QED) is 0.903. The van der Waals surface area contributed by atoms with Gasteiger partial charge in [-0.25, -0.2) is 15.0 Å². The highest BCUT2D eigenvalue weighted by molar-refractivity contribution is 6.05. The molecule has 0 saturated carbocycles. The average Bonchev–Trinajstić information content (AvgIpc) is 2.37. The largest absolute Gasteiger partial charge is 0.396 e. The van der Waals surface area contributed by atoms with E-state index in [4.69, 9.17) is 5.73 Å².